The fourth-order valence-electron chi connectivity index (χ4n) is 2.07. The van der Waals surface area contributed by atoms with Gasteiger partial charge in [-0.05, 0) is 30.7 Å². The van der Waals surface area contributed by atoms with Crippen LogP contribution < -0.4 is 4.90 Å². The van der Waals surface area contributed by atoms with E-state index in [2.05, 4.69) is 0 Å². The first-order valence-electron chi connectivity index (χ1n) is 5.00. The monoisotopic (exact) mass is 221 g/mol. The molecule has 3 saturated heterocycles. The molecule has 2 unspecified atom stereocenters. The van der Waals surface area contributed by atoms with E-state index in [9.17, 15) is 9.90 Å². The molecule has 3 aliphatic rings. The fourth-order valence-corrected chi connectivity index (χ4v) is 3.30. The zero-order valence-electron chi connectivity index (χ0n) is 8.09. The van der Waals surface area contributed by atoms with E-state index in [4.69, 9.17) is 0 Å². The molecular formula is C11H11NO2S. The number of nitrogens with zero attached hydrogens (tertiary/aromatic N) is 1. The summed E-state index contributed by atoms with van der Waals surface area (Å²) in [5.41, 5.74) is 0.896. The molecule has 15 heavy (non-hydrogen) atoms. The van der Waals surface area contributed by atoms with Crippen LogP contribution in [0.2, 0.25) is 0 Å². The van der Waals surface area contributed by atoms with E-state index in [1.807, 2.05) is 4.90 Å². The normalized spacial score (nSPS) is 28.8. The van der Waals surface area contributed by atoms with Crippen molar-refractivity contribution in [1.29, 1.82) is 0 Å². The Kier molecular flexibility index (Phi) is 1.92. The van der Waals surface area contributed by atoms with Crippen molar-refractivity contribution >= 4 is 23.4 Å². The lowest BCUT2D eigenvalue weighted by Crippen LogP contribution is -2.55. The van der Waals surface area contributed by atoms with Gasteiger partial charge in [0.2, 0.25) is 5.91 Å². The quantitative estimate of drug-likeness (QED) is 0.783. The predicted octanol–water partition coefficient (Wildman–Crippen LogP) is 1.61. The maximum absolute atomic E-state index is 11.9. The Hall–Kier alpha value is -1.16. The van der Waals surface area contributed by atoms with Crippen LogP contribution in [0.5, 0.6) is 5.75 Å². The van der Waals surface area contributed by atoms with Gasteiger partial charge < -0.3 is 10.0 Å². The summed E-state index contributed by atoms with van der Waals surface area (Å²) in [6, 6.07) is 6.83. The molecule has 0 radical (unpaired) electrons. The maximum Gasteiger partial charge on any atom is 0.240 e. The number of phenolic OH excluding ortho intramolecular Hbond substituents is 1. The number of aromatic hydroxyl groups is 1. The Bertz CT molecular complexity index is 398. The summed E-state index contributed by atoms with van der Waals surface area (Å²) in [4.78, 5) is 13.7. The lowest BCUT2D eigenvalue weighted by atomic mass is 10.1. The molecule has 4 heteroatoms. The van der Waals surface area contributed by atoms with E-state index in [0.717, 1.165) is 18.7 Å². The number of hydrogen-bond donors (Lipinski definition) is 1. The van der Waals surface area contributed by atoms with E-state index in [1.165, 1.54) is 0 Å². The molecule has 1 N–H and O–H groups in total. The molecule has 2 atom stereocenters. The van der Waals surface area contributed by atoms with Gasteiger partial charge in [-0.15, -0.1) is 11.8 Å². The smallest absolute Gasteiger partial charge is 0.240 e. The van der Waals surface area contributed by atoms with Gasteiger partial charge in [-0.25, -0.2) is 0 Å². The molecule has 3 heterocycles. The van der Waals surface area contributed by atoms with Crippen molar-refractivity contribution in [3.05, 3.63) is 24.3 Å². The topological polar surface area (TPSA) is 40.5 Å². The molecule has 1 aromatic rings. The molecule has 4 rings (SSSR count). The zero-order chi connectivity index (χ0) is 10.4. The van der Waals surface area contributed by atoms with Crippen LogP contribution >= 0.6 is 11.8 Å². The van der Waals surface area contributed by atoms with Crippen LogP contribution in [-0.2, 0) is 4.79 Å². The Morgan fingerprint density at radius 2 is 2.00 bits per heavy atom. The molecule has 3 nitrogen and oxygen atoms in total. The van der Waals surface area contributed by atoms with E-state index >= 15 is 0 Å². The van der Waals surface area contributed by atoms with Crippen molar-refractivity contribution in [1.82, 2.24) is 0 Å². The fraction of sp³-hybridized carbons (Fsp3) is 0.364. The summed E-state index contributed by atoms with van der Waals surface area (Å²) < 4.78 is 0. The number of carbonyl (C=O) groups excluding carboxylic acids is 1. The van der Waals surface area contributed by atoms with Crippen molar-refractivity contribution in [3.63, 3.8) is 0 Å². The number of amides is 1. The van der Waals surface area contributed by atoms with Crippen LogP contribution in [0.15, 0.2) is 24.3 Å². The van der Waals surface area contributed by atoms with Gasteiger partial charge in [0.1, 0.15) is 5.75 Å². The molecular weight excluding hydrogens is 210 g/mol. The highest BCUT2D eigenvalue weighted by Crippen LogP contribution is 2.43. The number of carbonyl (C=O) groups is 1. The maximum atomic E-state index is 11.9. The highest BCUT2D eigenvalue weighted by Gasteiger charge is 2.44. The number of thioether (sulfide) groups is 1. The average molecular weight is 221 g/mol. The molecule has 2 bridgehead atoms. The largest absolute Gasteiger partial charge is 0.508 e. The summed E-state index contributed by atoms with van der Waals surface area (Å²) in [6.45, 7) is 0.810. The van der Waals surface area contributed by atoms with Gasteiger partial charge in [0, 0.05) is 17.5 Å². The Morgan fingerprint density at radius 1 is 1.33 bits per heavy atom. The van der Waals surface area contributed by atoms with Crippen LogP contribution in [0.4, 0.5) is 5.69 Å². The molecule has 0 aliphatic carbocycles. The van der Waals surface area contributed by atoms with Crippen molar-refractivity contribution in [2.24, 2.45) is 0 Å². The third-order valence-corrected chi connectivity index (χ3v) is 4.37. The predicted molar refractivity (Wildman–Crippen MR) is 60.2 cm³/mol. The number of fused-ring (bicyclic) bond motifs is 2. The molecule has 0 aromatic heterocycles. The van der Waals surface area contributed by atoms with Gasteiger partial charge >= 0.3 is 0 Å². The first-order chi connectivity index (χ1) is 7.24. The van der Waals surface area contributed by atoms with E-state index in [-0.39, 0.29) is 16.9 Å². The molecule has 3 aliphatic heterocycles. The lowest BCUT2D eigenvalue weighted by molar-refractivity contribution is -0.119. The van der Waals surface area contributed by atoms with E-state index in [0.29, 0.717) is 5.25 Å². The molecule has 0 spiro atoms. The molecule has 1 aromatic carbocycles. The van der Waals surface area contributed by atoms with Crippen molar-refractivity contribution in [3.8, 4) is 5.75 Å². The molecule has 78 valence electrons. The van der Waals surface area contributed by atoms with Gasteiger partial charge in [0.05, 0.1) is 5.25 Å². The number of phenols is 1. The standard InChI is InChI=1S/C11H11NO2S/c13-8-3-1-7(2-4-8)12-6-9-5-10(15-9)11(12)14/h1-4,9-10,13H,5-6H2. The van der Waals surface area contributed by atoms with Gasteiger partial charge in [0.15, 0.2) is 0 Å². The second-order valence-corrected chi connectivity index (χ2v) is 5.46. The van der Waals surface area contributed by atoms with E-state index in [1.54, 1.807) is 36.0 Å². The first-order valence-corrected chi connectivity index (χ1v) is 5.94. The average Bonchev–Trinajstić information content (AvgIpc) is 2.18. The number of rotatable bonds is 1. The van der Waals surface area contributed by atoms with Gasteiger partial charge in [0.25, 0.3) is 0 Å². The van der Waals surface area contributed by atoms with Crippen LogP contribution in [0.1, 0.15) is 6.42 Å². The van der Waals surface area contributed by atoms with Crippen molar-refractivity contribution in [2.45, 2.75) is 16.9 Å². The van der Waals surface area contributed by atoms with Gasteiger partial charge in [-0.2, -0.15) is 0 Å². The van der Waals surface area contributed by atoms with Crippen molar-refractivity contribution < 1.29 is 9.90 Å². The lowest BCUT2D eigenvalue weighted by Gasteiger charge is -2.45. The number of piperidine rings is 1. The SMILES string of the molecule is O=C1C2CC(CN1c1ccc(O)cc1)S2. The third kappa shape index (κ3) is 1.40. The number of hydrogen-bond acceptors (Lipinski definition) is 3. The first kappa shape index (κ1) is 9.09. The summed E-state index contributed by atoms with van der Waals surface area (Å²) in [5, 5.41) is 9.96. The second-order valence-electron chi connectivity index (χ2n) is 3.95. The Labute approximate surface area is 92.1 Å². The summed E-state index contributed by atoms with van der Waals surface area (Å²) in [7, 11) is 0. The van der Waals surface area contributed by atoms with Crippen molar-refractivity contribution in [2.75, 3.05) is 11.4 Å². The minimum atomic E-state index is 0.178. The highest BCUT2D eigenvalue weighted by atomic mass is 32.2. The van der Waals surface area contributed by atoms with Crippen LogP contribution in [0.3, 0.4) is 0 Å². The molecule has 0 saturated carbocycles. The highest BCUT2D eigenvalue weighted by molar-refractivity contribution is 8.02. The number of benzene rings is 1. The zero-order valence-corrected chi connectivity index (χ0v) is 8.91. The Balaban J connectivity index is 1.88. The summed E-state index contributed by atoms with van der Waals surface area (Å²) >= 11 is 1.78. The summed E-state index contributed by atoms with van der Waals surface area (Å²) in [5.74, 6) is 0.455. The van der Waals surface area contributed by atoms with Gasteiger partial charge in [-0.1, -0.05) is 0 Å². The van der Waals surface area contributed by atoms with E-state index < -0.39 is 0 Å². The minimum absolute atomic E-state index is 0.178. The Morgan fingerprint density at radius 3 is 2.60 bits per heavy atom. The second kappa shape index (κ2) is 3.17. The molecule has 1 amide bonds. The molecule has 3 fully saturated rings. The van der Waals surface area contributed by atoms with Crippen LogP contribution in [-0.4, -0.2) is 28.1 Å². The summed E-state index contributed by atoms with van der Waals surface area (Å²) in [6.07, 6.45) is 1.04. The van der Waals surface area contributed by atoms with Crippen LogP contribution in [0.25, 0.3) is 0 Å². The van der Waals surface area contributed by atoms with Crippen LogP contribution in [0, 0.1) is 0 Å². The minimum Gasteiger partial charge on any atom is -0.508 e. The van der Waals surface area contributed by atoms with Gasteiger partial charge in [-0.3, -0.25) is 4.79 Å². The third-order valence-electron chi connectivity index (χ3n) is 2.92. The number of anilines is 1.